The first-order valence-corrected chi connectivity index (χ1v) is 27.8. The molecular weight excluding hydrogens is 859 g/mol. The molecule has 2 saturated heterocycles. The van der Waals surface area contributed by atoms with E-state index in [1.54, 1.807) is 0 Å². The van der Waals surface area contributed by atoms with Crippen molar-refractivity contribution >= 4 is 5.91 Å². The molecule has 14 heteroatoms. The van der Waals surface area contributed by atoms with Crippen LogP contribution in [0.15, 0.2) is 0 Å². The smallest absolute Gasteiger partial charge is 0.220 e. The Morgan fingerprint density at radius 3 is 1.27 bits per heavy atom. The molecule has 1 amide bonds. The molecule has 2 aliphatic heterocycles. The Balaban J connectivity index is 1.79. The van der Waals surface area contributed by atoms with Crippen molar-refractivity contribution in [3.05, 3.63) is 0 Å². The molecule has 0 aromatic carbocycles. The van der Waals surface area contributed by atoms with Crippen LogP contribution in [0.1, 0.15) is 239 Å². The maximum atomic E-state index is 13.2. The normalized spacial score (nSPS) is 26.5. The van der Waals surface area contributed by atoms with Crippen molar-refractivity contribution in [2.45, 2.75) is 312 Å². The van der Waals surface area contributed by atoms with E-state index >= 15 is 0 Å². The fraction of sp³-hybridized carbons (Fsp3) is 0.981. The number of rotatable bonds is 44. The molecule has 14 nitrogen and oxygen atoms in total. The number of aliphatic hydroxyl groups is 8. The molecule has 0 aliphatic carbocycles. The average Bonchev–Trinajstić information content (AvgIpc) is 3.32. The highest BCUT2D eigenvalue weighted by Crippen LogP contribution is 2.30. The number of unbranched alkanes of at least 4 members (excludes halogenated alkanes) is 31. The van der Waals surface area contributed by atoms with Crippen molar-refractivity contribution in [3.8, 4) is 0 Å². The van der Waals surface area contributed by atoms with Gasteiger partial charge in [0, 0.05) is 6.42 Å². The zero-order chi connectivity index (χ0) is 48.9. The van der Waals surface area contributed by atoms with Gasteiger partial charge in [-0.25, -0.2) is 0 Å². The molecule has 0 spiro atoms. The number of carbonyl (C=O) groups excluding carboxylic acids is 1. The van der Waals surface area contributed by atoms with Gasteiger partial charge in [0.2, 0.25) is 5.91 Å². The van der Waals surface area contributed by atoms with Gasteiger partial charge in [0.15, 0.2) is 12.6 Å². The van der Waals surface area contributed by atoms with Crippen LogP contribution < -0.4 is 5.32 Å². The quantitative estimate of drug-likeness (QED) is 0.0263. The molecular formula is C53H103NO13. The fourth-order valence-corrected chi connectivity index (χ4v) is 9.53. The fourth-order valence-electron chi connectivity index (χ4n) is 9.53. The molecule has 2 heterocycles. The monoisotopic (exact) mass is 962 g/mol. The second-order valence-corrected chi connectivity index (χ2v) is 20.1. The van der Waals surface area contributed by atoms with Gasteiger partial charge in [-0.05, 0) is 12.8 Å². The Kier molecular flexibility index (Phi) is 37.6. The molecule has 9 N–H and O–H groups in total. The van der Waals surface area contributed by atoms with Crippen LogP contribution in [0, 0.1) is 0 Å². The lowest BCUT2D eigenvalue weighted by Crippen LogP contribution is -2.65. The molecule has 2 rings (SSSR count). The second-order valence-electron chi connectivity index (χ2n) is 20.1. The topological polar surface area (TPSA) is 228 Å². The maximum absolute atomic E-state index is 13.2. The third kappa shape index (κ3) is 27.4. The lowest BCUT2D eigenvalue weighted by atomic mass is 9.97. The zero-order valence-corrected chi connectivity index (χ0v) is 42.4. The second kappa shape index (κ2) is 40.6. The SMILES string of the molecule is CCCCCCCCCCCCCCCCCCCCC(O)C(COC1OC(CO)C(OC2OC(CO)C(O)C(O)C2O)C(O)C1O)NC(=O)CCCCCCCCCCCCCCCCC. The van der Waals surface area contributed by atoms with Crippen molar-refractivity contribution in [2.75, 3.05) is 19.8 Å². The van der Waals surface area contributed by atoms with E-state index in [1.165, 1.54) is 161 Å². The predicted molar refractivity (Wildman–Crippen MR) is 263 cm³/mol. The first-order valence-electron chi connectivity index (χ1n) is 27.8. The highest BCUT2D eigenvalue weighted by Gasteiger charge is 2.51. The third-order valence-electron chi connectivity index (χ3n) is 14.1. The van der Waals surface area contributed by atoms with Crippen LogP contribution in [0.3, 0.4) is 0 Å². The van der Waals surface area contributed by atoms with Crippen molar-refractivity contribution < 1.29 is 64.6 Å². The number of ether oxygens (including phenoxy) is 4. The zero-order valence-electron chi connectivity index (χ0n) is 42.4. The van der Waals surface area contributed by atoms with Gasteiger partial charge in [-0.3, -0.25) is 4.79 Å². The predicted octanol–water partition coefficient (Wildman–Crippen LogP) is 8.17. The summed E-state index contributed by atoms with van der Waals surface area (Å²) in [6, 6.07) is -0.821. The summed E-state index contributed by atoms with van der Waals surface area (Å²) in [5.41, 5.74) is 0. The van der Waals surface area contributed by atoms with Crippen LogP contribution in [0.25, 0.3) is 0 Å². The van der Waals surface area contributed by atoms with Gasteiger partial charge < -0.3 is 65.1 Å². The summed E-state index contributed by atoms with van der Waals surface area (Å²) in [5, 5.41) is 87.1. The van der Waals surface area contributed by atoms with Crippen LogP contribution in [-0.2, 0) is 23.7 Å². The van der Waals surface area contributed by atoms with E-state index in [2.05, 4.69) is 19.2 Å². The third-order valence-corrected chi connectivity index (χ3v) is 14.1. The highest BCUT2D eigenvalue weighted by atomic mass is 16.7. The summed E-state index contributed by atoms with van der Waals surface area (Å²) in [5.74, 6) is -0.202. The average molecular weight is 962 g/mol. The summed E-state index contributed by atoms with van der Waals surface area (Å²) in [6.07, 6.45) is 25.2. The standard InChI is InChI=1S/C53H103NO13/c1-3-5-7-9-11-13-15-17-19-20-21-23-24-26-28-30-32-34-36-42(57)41(54-45(58)37-35-33-31-29-27-25-22-18-16-14-12-10-8-6-4-2)40-64-52-50(63)48(61)51(44(39-56)66-52)67-53-49(62)47(60)46(59)43(38-55)65-53/h41-44,46-53,55-57,59-63H,3-40H2,1-2H3,(H,54,58). The number of hydrogen-bond donors (Lipinski definition) is 9. The highest BCUT2D eigenvalue weighted by molar-refractivity contribution is 5.76. The van der Waals surface area contributed by atoms with E-state index in [4.69, 9.17) is 18.9 Å². The maximum Gasteiger partial charge on any atom is 0.220 e. The van der Waals surface area contributed by atoms with Crippen LogP contribution in [0.5, 0.6) is 0 Å². The van der Waals surface area contributed by atoms with Crippen LogP contribution in [-0.4, -0.2) is 140 Å². The van der Waals surface area contributed by atoms with Crippen LogP contribution >= 0.6 is 0 Å². The Labute approximate surface area is 406 Å². The molecule has 67 heavy (non-hydrogen) atoms. The minimum Gasteiger partial charge on any atom is -0.394 e. The first-order chi connectivity index (χ1) is 32.6. The summed E-state index contributed by atoms with van der Waals surface area (Å²) < 4.78 is 22.8. The summed E-state index contributed by atoms with van der Waals surface area (Å²) in [6.45, 7) is 2.88. The number of aliphatic hydroxyl groups excluding tert-OH is 8. The summed E-state index contributed by atoms with van der Waals surface area (Å²) >= 11 is 0. The number of nitrogens with one attached hydrogen (secondary N) is 1. The molecule has 398 valence electrons. The van der Waals surface area contributed by atoms with Gasteiger partial charge in [-0.1, -0.05) is 219 Å². The minimum absolute atomic E-state index is 0.202. The minimum atomic E-state index is -1.78. The molecule has 2 fully saturated rings. The summed E-state index contributed by atoms with van der Waals surface area (Å²) in [7, 11) is 0. The van der Waals surface area contributed by atoms with Crippen LogP contribution in [0.2, 0.25) is 0 Å². The van der Waals surface area contributed by atoms with Gasteiger partial charge in [0.25, 0.3) is 0 Å². The molecule has 0 aromatic heterocycles. The van der Waals surface area contributed by atoms with Crippen molar-refractivity contribution in [2.24, 2.45) is 0 Å². The van der Waals surface area contributed by atoms with Crippen LogP contribution in [0.4, 0.5) is 0 Å². The Hall–Kier alpha value is -1.01. The van der Waals surface area contributed by atoms with Gasteiger partial charge >= 0.3 is 0 Å². The molecule has 0 bridgehead atoms. The molecule has 0 aromatic rings. The molecule has 12 unspecified atom stereocenters. The van der Waals surface area contributed by atoms with Gasteiger partial charge in [-0.2, -0.15) is 0 Å². The molecule has 0 radical (unpaired) electrons. The Bertz CT molecular complexity index is 1140. The van der Waals surface area contributed by atoms with E-state index in [0.29, 0.717) is 12.8 Å². The lowest BCUT2D eigenvalue weighted by molar-refractivity contribution is -0.359. The van der Waals surface area contributed by atoms with Crippen molar-refractivity contribution in [3.63, 3.8) is 0 Å². The van der Waals surface area contributed by atoms with E-state index in [9.17, 15) is 45.6 Å². The first kappa shape index (κ1) is 62.1. The van der Waals surface area contributed by atoms with Gasteiger partial charge in [0.05, 0.1) is 32.0 Å². The Morgan fingerprint density at radius 1 is 0.478 bits per heavy atom. The molecule has 12 atom stereocenters. The molecule has 2 aliphatic rings. The number of amides is 1. The van der Waals surface area contributed by atoms with E-state index < -0.39 is 86.8 Å². The Morgan fingerprint density at radius 2 is 0.851 bits per heavy atom. The van der Waals surface area contributed by atoms with E-state index in [-0.39, 0.29) is 12.5 Å². The number of hydrogen-bond acceptors (Lipinski definition) is 13. The van der Waals surface area contributed by atoms with Gasteiger partial charge in [0.1, 0.15) is 48.8 Å². The largest absolute Gasteiger partial charge is 0.394 e. The molecule has 0 saturated carbocycles. The van der Waals surface area contributed by atoms with Gasteiger partial charge in [-0.15, -0.1) is 0 Å². The van der Waals surface area contributed by atoms with Crippen molar-refractivity contribution in [1.82, 2.24) is 5.32 Å². The van der Waals surface area contributed by atoms with E-state index in [1.807, 2.05) is 0 Å². The van der Waals surface area contributed by atoms with Crippen molar-refractivity contribution in [1.29, 1.82) is 0 Å². The lowest BCUT2D eigenvalue weighted by Gasteiger charge is -2.46. The summed E-state index contributed by atoms with van der Waals surface area (Å²) in [4.78, 5) is 13.2. The van der Waals surface area contributed by atoms with E-state index in [0.717, 1.165) is 51.4 Å². The number of carbonyl (C=O) groups is 1.